The Labute approximate surface area is 91.8 Å². The first kappa shape index (κ1) is 10.2. The van der Waals surface area contributed by atoms with Crippen molar-refractivity contribution in [3.8, 4) is 0 Å². The Balaban J connectivity index is 2.48. The predicted octanol–water partition coefficient (Wildman–Crippen LogP) is 3.25. The summed E-state index contributed by atoms with van der Waals surface area (Å²) >= 11 is 12.2. The van der Waals surface area contributed by atoms with E-state index in [0.29, 0.717) is 29.4 Å². The van der Waals surface area contributed by atoms with Gasteiger partial charge in [-0.15, -0.1) is 11.6 Å². The van der Waals surface area contributed by atoms with E-state index in [1.54, 1.807) is 13.0 Å². The molecular weight excluding hydrogens is 226 g/mol. The fourth-order valence-electron chi connectivity index (χ4n) is 1.43. The lowest BCUT2D eigenvalue weighted by Crippen LogP contribution is -2.41. The third kappa shape index (κ3) is 1.52. The number of aryl methyl sites for hydroxylation is 1. The van der Waals surface area contributed by atoms with Crippen molar-refractivity contribution in [1.29, 1.82) is 0 Å². The molecule has 0 saturated carbocycles. The van der Waals surface area contributed by atoms with E-state index in [4.69, 9.17) is 27.9 Å². The molecule has 1 aromatic carbocycles. The number of ether oxygens (including phenoxy) is 1. The largest absolute Gasteiger partial charge is 0.377 e. The SMILES string of the molecule is Cc1cc(Cl)c(C2(Cl)COC2)cc1F. The molecule has 2 rings (SSSR count). The molecule has 1 fully saturated rings. The van der Waals surface area contributed by atoms with Crippen molar-refractivity contribution < 1.29 is 9.13 Å². The van der Waals surface area contributed by atoms with Gasteiger partial charge in [0.2, 0.25) is 0 Å². The molecule has 1 aliphatic heterocycles. The van der Waals surface area contributed by atoms with Crippen LogP contribution in [-0.4, -0.2) is 13.2 Å². The molecule has 4 heteroatoms. The first-order chi connectivity index (χ1) is 6.53. The van der Waals surface area contributed by atoms with Crippen molar-refractivity contribution in [3.05, 3.63) is 34.1 Å². The molecule has 0 amide bonds. The van der Waals surface area contributed by atoms with E-state index in [1.165, 1.54) is 6.07 Å². The summed E-state index contributed by atoms with van der Waals surface area (Å²) in [7, 11) is 0. The predicted molar refractivity (Wildman–Crippen MR) is 54.5 cm³/mol. The minimum atomic E-state index is -0.633. The summed E-state index contributed by atoms with van der Waals surface area (Å²) in [5.41, 5.74) is 1.15. The third-order valence-electron chi connectivity index (χ3n) is 2.39. The van der Waals surface area contributed by atoms with Gasteiger partial charge in [-0.2, -0.15) is 0 Å². The van der Waals surface area contributed by atoms with Crippen LogP contribution in [0.5, 0.6) is 0 Å². The van der Waals surface area contributed by atoms with Crippen LogP contribution in [0.4, 0.5) is 4.39 Å². The van der Waals surface area contributed by atoms with E-state index in [9.17, 15) is 4.39 Å². The Hall–Kier alpha value is -0.310. The zero-order valence-corrected chi connectivity index (χ0v) is 9.12. The molecule has 0 aliphatic carbocycles. The molecule has 0 atom stereocenters. The lowest BCUT2D eigenvalue weighted by molar-refractivity contribution is -0.0152. The quantitative estimate of drug-likeness (QED) is 0.679. The van der Waals surface area contributed by atoms with Crippen LogP contribution in [-0.2, 0) is 9.61 Å². The highest BCUT2D eigenvalue weighted by Gasteiger charge is 2.40. The smallest absolute Gasteiger partial charge is 0.126 e. The van der Waals surface area contributed by atoms with Crippen molar-refractivity contribution in [2.24, 2.45) is 0 Å². The number of hydrogen-bond donors (Lipinski definition) is 0. The molecule has 1 saturated heterocycles. The van der Waals surface area contributed by atoms with Crippen molar-refractivity contribution in [3.63, 3.8) is 0 Å². The van der Waals surface area contributed by atoms with Gasteiger partial charge in [-0.3, -0.25) is 0 Å². The van der Waals surface area contributed by atoms with Gasteiger partial charge in [0.1, 0.15) is 10.7 Å². The number of hydrogen-bond acceptors (Lipinski definition) is 1. The first-order valence-electron chi connectivity index (χ1n) is 4.26. The van der Waals surface area contributed by atoms with Crippen LogP contribution in [0.1, 0.15) is 11.1 Å². The molecule has 0 N–H and O–H groups in total. The van der Waals surface area contributed by atoms with Gasteiger partial charge in [0.05, 0.1) is 13.2 Å². The molecule has 1 aliphatic rings. The summed E-state index contributed by atoms with van der Waals surface area (Å²) in [5, 5.41) is 0.502. The van der Waals surface area contributed by atoms with E-state index in [0.717, 1.165) is 0 Å². The monoisotopic (exact) mass is 234 g/mol. The van der Waals surface area contributed by atoms with Gasteiger partial charge in [-0.05, 0) is 30.2 Å². The van der Waals surface area contributed by atoms with Gasteiger partial charge in [-0.25, -0.2) is 4.39 Å². The highest BCUT2D eigenvalue weighted by atomic mass is 35.5. The van der Waals surface area contributed by atoms with Crippen molar-refractivity contribution in [2.75, 3.05) is 13.2 Å². The highest BCUT2D eigenvalue weighted by molar-refractivity contribution is 6.33. The van der Waals surface area contributed by atoms with Crippen LogP contribution in [0.3, 0.4) is 0 Å². The average molecular weight is 235 g/mol. The molecule has 1 heterocycles. The summed E-state index contributed by atoms with van der Waals surface area (Å²) in [4.78, 5) is -0.633. The van der Waals surface area contributed by atoms with E-state index >= 15 is 0 Å². The molecule has 1 nitrogen and oxygen atoms in total. The maximum absolute atomic E-state index is 13.3. The number of benzene rings is 1. The van der Waals surface area contributed by atoms with Crippen molar-refractivity contribution in [2.45, 2.75) is 11.8 Å². The fourth-order valence-corrected chi connectivity index (χ4v) is 2.18. The Morgan fingerprint density at radius 1 is 1.43 bits per heavy atom. The maximum atomic E-state index is 13.3. The van der Waals surface area contributed by atoms with Crippen LogP contribution in [0.15, 0.2) is 12.1 Å². The molecule has 1 aromatic rings. The molecule has 14 heavy (non-hydrogen) atoms. The zero-order valence-electron chi connectivity index (χ0n) is 7.61. The second-order valence-corrected chi connectivity index (χ2v) is 4.67. The Kier molecular flexibility index (Phi) is 2.46. The van der Waals surface area contributed by atoms with Crippen LogP contribution in [0.2, 0.25) is 5.02 Å². The molecule has 0 radical (unpaired) electrons. The van der Waals surface area contributed by atoms with E-state index in [-0.39, 0.29) is 5.82 Å². The Morgan fingerprint density at radius 3 is 2.57 bits per heavy atom. The molecule has 0 aromatic heterocycles. The standard InChI is InChI=1S/C10H9Cl2FO/c1-6-2-8(11)7(3-9(6)13)10(12)4-14-5-10/h2-3H,4-5H2,1H3. The fraction of sp³-hybridized carbons (Fsp3) is 0.400. The van der Waals surface area contributed by atoms with Gasteiger partial charge in [0.25, 0.3) is 0 Å². The van der Waals surface area contributed by atoms with Gasteiger partial charge in [-0.1, -0.05) is 11.6 Å². The van der Waals surface area contributed by atoms with Crippen LogP contribution in [0.25, 0.3) is 0 Å². The summed E-state index contributed by atoms with van der Waals surface area (Å²) < 4.78 is 18.3. The summed E-state index contributed by atoms with van der Waals surface area (Å²) in [6, 6.07) is 2.99. The molecule has 76 valence electrons. The third-order valence-corrected chi connectivity index (χ3v) is 3.13. The van der Waals surface area contributed by atoms with Gasteiger partial charge in [0.15, 0.2) is 0 Å². The average Bonchev–Trinajstić information content (AvgIpc) is 2.07. The minimum Gasteiger partial charge on any atom is -0.377 e. The second-order valence-electron chi connectivity index (χ2n) is 3.54. The van der Waals surface area contributed by atoms with Crippen molar-refractivity contribution in [1.82, 2.24) is 0 Å². The molecule has 0 spiro atoms. The van der Waals surface area contributed by atoms with Crippen LogP contribution in [0, 0.1) is 12.7 Å². The number of rotatable bonds is 1. The number of halogens is 3. The van der Waals surface area contributed by atoms with Gasteiger partial charge >= 0.3 is 0 Å². The van der Waals surface area contributed by atoms with Crippen molar-refractivity contribution >= 4 is 23.2 Å². The molecule has 0 bridgehead atoms. The zero-order chi connectivity index (χ0) is 10.3. The summed E-state index contributed by atoms with van der Waals surface area (Å²) in [6.45, 7) is 2.44. The Morgan fingerprint density at radius 2 is 2.07 bits per heavy atom. The second kappa shape index (κ2) is 3.37. The minimum absolute atomic E-state index is 0.281. The van der Waals surface area contributed by atoms with Crippen LogP contribution >= 0.6 is 23.2 Å². The van der Waals surface area contributed by atoms with Gasteiger partial charge in [0, 0.05) is 5.02 Å². The summed E-state index contributed by atoms with van der Waals surface area (Å²) in [6.07, 6.45) is 0. The maximum Gasteiger partial charge on any atom is 0.126 e. The number of alkyl halides is 1. The van der Waals surface area contributed by atoms with E-state index in [2.05, 4.69) is 0 Å². The normalized spacial score (nSPS) is 19.1. The molecular formula is C10H9Cl2FO. The highest BCUT2D eigenvalue weighted by Crippen LogP contribution is 2.40. The van der Waals surface area contributed by atoms with Gasteiger partial charge < -0.3 is 4.74 Å². The Bertz CT molecular complexity index is 375. The molecule has 0 unspecified atom stereocenters. The first-order valence-corrected chi connectivity index (χ1v) is 5.01. The van der Waals surface area contributed by atoms with E-state index < -0.39 is 4.87 Å². The van der Waals surface area contributed by atoms with E-state index in [1.807, 2.05) is 0 Å². The lowest BCUT2D eigenvalue weighted by Gasteiger charge is -2.36. The van der Waals surface area contributed by atoms with Crippen LogP contribution < -0.4 is 0 Å². The summed E-state index contributed by atoms with van der Waals surface area (Å²) in [5.74, 6) is -0.281. The topological polar surface area (TPSA) is 9.23 Å². The lowest BCUT2D eigenvalue weighted by atomic mass is 9.95.